The Morgan fingerprint density at radius 1 is 1.33 bits per heavy atom. The average Bonchev–Trinajstić information content (AvgIpc) is 2.60. The van der Waals surface area contributed by atoms with Gasteiger partial charge in [-0.3, -0.25) is 14.5 Å². The Labute approximate surface area is 117 Å². The molecule has 1 saturated heterocycles. The third kappa shape index (κ3) is 2.66. The fourth-order valence-electron chi connectivity index (χ4n) is 1.44. The van der Waals surface area contributed by atoms with Crippen LogP contribution in [0.3, 0.4) is 0 Å². The second-order valence-corrected chi connectivity index (χ2v) is 5.43. The molecule has 0 unspecified atom stereocenters. The number of hydrogen-bond acceptors (Lipinski definition) is 3. The number of hydrogen-bond donors (Lipinski definition) is 0. The fraction of sp³-hybridized carbons (Fsp3) is 0.0769. The Morgan fingerprint density at radius 3 is 2.61 bits per heavy atom. The van der Waals surface area contributed by atoms with Gasteiger partial charge in [0, 0.05) is 4.47 Å². The summed E-state index contributed by atoms with van der Waals surface area (Å²) in [5.74, 6) is 1.97. The van der Waals surface area contributed by atoms with Crippen LogP contribution in [-0.2, 0) is 4.79 Å². The van der Waals surface area contributed by atoms with Crippen LogP contribution < -0.4 is 0 Å². The maximum absolute atomic E-state index is 11.9. The van der Waals surface area contributed by atoms with Gasteiger partial charge < -0.3 is 0 Å². The lowest BCUT2D eigenvalue weighted by atomic mass is 10.2. The second kappa shape index (κ2) is 5.42. The first-order valence-electron chi connectivity index (χ1n) is 5.06. The van der Waals surface area contributed by atoms with Crippen LogP contribution in [0.4, 0.5) is 4.79 Å². The molecule has 0 aromatic heterocycles. The maximum Gasteiger partial charge on any atom is 0.294 e. The van der Waals surface area contributed by atoms with Crippen molar-refractivity contribution < 1.29 is 9.59 Å². The molecule has 18 heavy (non-hydrogen) atoms. The molecule has 1 aliphatic rings. The molecule has 2 rings (SSSR count). The molecule has 2 amide bonds. The summed E-state index contributed by atoms with van der Waals surface area (Å²) in [7, 11) is 0. The van der Waals surface area contributed by atoms with Gasteiger partial charge in [-0.15, -0.1) is 6.42 Å². The largest absolute Gasteiger partial charge is 0.294 e. The Balaban J connectivity index is 2.25. The van der Waals surface area contributed by atoms with Crippen LogP contribution in [0, 0.1) is 12.3 Å². The minimum Gasteiger partial charge on any atom is -0.268 e. The molecular formula is C13H8BrNO2S. The Bertz CT molecular complexity index is 572. The van der Waals surface area contributed by atoms with E-state index in [0.29, 0.717) is 4.91 Å². The van der Waals surface area contributed by atoms with Gasteiger partial charge in [0.05, 0.1) is 11.4 Å². The molecule has 1 fully saturated rings. The van der Waals surface area contributed by atoms with Crippen molar-refractivity contribution in [1.82, 2.24) is 4.90 Å². The lowest BCUT2D eigenvalue weighted by Crippen LogP contribution is -2.28. The lowest BCUT2D eigenvalue weighted by Gasteiger charge is -2.06. The summed E-state index contributed by atoms with van der Waals surface area (Å²) >= 11 is 4.24. The van der Waals surface area contributed by atoms with E-state index in [4.69, 9.17) is 6.42 Å². The molecule has 0 N–H and O–H groups in total. The minimum atomic E-state index is -0.328. The van der Waals surface area contributed by atoms with Crippen molar-refractivity contribution in [2.75, 3.05) is 6.54 Å². The first-order valence-corrected chi connectivity index (χ1v) is 6.67. The summed E-state index contributed by atoms with van der Waals surface area (Å²) in [6, 6.07) is 7.47. The highest BCUT2D eigenvalue weighted by molar-refractivity contribution is 9.10. The molecule has 0 bridgehead atoms. The highest BCUT2D eigenvalue weighted by Crippen LogP contribution is 2.31. The predicted molar refractivity (Wildman–Crippen MR) is 75.7 cm³/mol. The summed E-state index contributed by atoms with van der Waals surface area (Å²) in [6.07, 6.45) is 6.81. The normalized spacial score (nSPS) is 17.3. The second-order valence-electron chi connectivity index (χ2n) is 3.52. The van der Waals surface area contributed by atoms with E-state index < -0.39 is 0 Å². The van der Waals surface area contributed by atoms with Crippen molar-refractivity contribution in [3.05, 3.63) is 39.2 Å². The monoisotopic (exact) mass is 321 g/mol. The van der Waals surface area contributed by atoms with Crippen molar-refractivity contribution in [2.45, 2.75) is 0 Å². The molecule has 1 aromatic carbocycles. The van der Waals surface area contributed by atoms with Gasteiger partial charge in [-0.1, -0.05) is 34.0 Å². The molecular weight excluding hydrogens is 314 g/mol. The quantitative estimate of drug-likeness (QED) is 0.620. The number of benzene rings is 1. The molecule has 3 nitrogen and oxygen atoms in total. The van der Waals surface area contributed by atoms with Crippen molar-refractivity contribution in [1.29, 1.82) is 0 Å². The average molecular weight is 322 g/mol. The Kier molecular flexibility index (Phi) is 3.90. The molecule has 0 saturated carbocycles. The third-order valence-electron chi connectivity index (χ3n) is 2.29. The van der Waals surface area contributed by atoms with Gasteiger partial charge in [-0.2, -0.15) is 0 Å². The van der Waals surface area contributed by atoms with Crippen LogP contribution in [0.15, 0.2) is 33.6 Å². The standard InChI is InChI=1S/C13H8BrNO2S/c1-2-7-15-12(16)11(18-13(15)17)8-9-3-5-10(14)6-4-9/h1,3-6,8H,7H2. The molecule has 0 spiro atoms. The number of carbonyl (C=O) groups excluding carboxylic acids is 2. The van der Waals surface area contributed by atoms with Crippen molar-refractivity contribution in [2.24, 2.45) is 0 Å². The van der Waals surface area contributed by atoms with Crippen LogP contribution in [0.2, 0.25) is 0 Å². The highest BCUT2D eigenvalue weighted by atomic mass is 79.9. The topological polar surface area (TPSA) is 37.4 Å². The van der Waals surface area contributed by atoms with Crippen molar-refractivity contribution in [3.8, 4) is 12.3 Å². The van der Waals surface area contributed by atoms with Gasteiger partial charge in [0.1, 0.15) is 0 Å². The number of rotatable bonds is 2. The van der Waals surface area contributed by atoms with E-state index in [1.54, 1.807) is 6.08 Å². The first-order chi connectivity index (χ1) is 8.61. The van der Waals surface area contributed by atoms with Gasteiger partial charge >= 0.3 is 0 Å². The van der Waals surface area contributed by atoms with Gasteiger partial charge in [0.2, 0.25) is 0 Å². The molecule has 90 valence electrons. The van der Waals surface area contributed by atoms with Crippen LogP contribution in [0.5, 0.6) is 0 Å². The SMILES string of the molecule is C#CCN1C(=O)SC(=Cc2ccc(Br)cc2)C1=O. The van der Waals surface area contributed by atoms with Gasteiger partial charge in [-0.05, 0) is 35.5 Å². The summed E-state index contributed by atoms with van der Waals surface area (Å²) in [5.41, 5.74) is 0.865. The van der Waals surface area contributed by atoms with Crippen LogP contribution in [0.1, 0.15) is 5.56 Å². The summed E-state index contributed by atoms with van der Waals surface area (Å²) in [6.45, 7) is 0.0162. The summed E-state index contributed by atoms with van der Waals surface area (Å²) in [5, 5.41) is -0.318. The number of halogens is 1. The number of imide groups is 1. The van der Waals surface area contributed by atoms with E-state index in [2.05, 4.69) is 21.9 Å². The zero-order chi connectivity index (χ0) is 13.1. The van der Waals surface area contributed by atoms with E-state index in [1.165, 1.54) is 0 Å². The molecule has 0 atom stereocenters. The van der Waals surface area contributed by atoms with Crippen molar-refractivity contribution in [3.63, 3.8) is 0 Å². The van der Waals surface area contributed by atoms with E-state index in [-0.39, 0.29) is 17.7 Å². The predicted octanol–water partition coefficient (Wildman–Crippen LogP) is 3.12. The van der Waals surface area contributed by atoms with E-state index in [1.807, 2.05) is 24.3 Å². The lowest BCUT2D eigenvalue weighted by molar-refractivity contribution is -0.122. The number of nitrogens with zero attached hydrogens (tertiary/aromatic N) is 1. The third-order valence-corrected chi connectivity index (χ3v) is 3.73. The number of thioether (sulfide) groups is 1. The molecule has 1 aromatic rings. The Hall–Kier alpha value is -1.51. The zero-order valence-electron chi connectivity index (χ0n) is 9.22. The van der Waals surface area contributed by atoms with Gasteiger partial charge in [0.15, 0.2) is 0 Å². The first kappa shape index (κ1) is 12.9. The molecule has 0 aliphatic carbocycles. The number of carbonyl (C=O) groups is 2. The smallest absolute Gasteiger partial charge is 0.268 e. The van der Waals surface area contributed by atoms with E-state index in [0.717, 1.165) is 26.7 Å². The molecule has 5 heteroatoms. The van der Waals surface area contributed by atoms with Crippen LogP contribution in [-0.4, -0.2) is 22.6 Å². The van der Waals surface area contributed by atoms with Crippen LogP contribution in [0.25, 0.3) is 6.08 Å². The minimum absolute atomic E-state index is 0.0162. The summed E-state index contributed by atoms with van der Waals surface area (Å²) in [4.78, 5) is 24.9. The Morgan fingerprint density at radius 2 is 2.00 bits per heavy atom. The summed E-state index contributed by atoms with van der Waals surface area (Å²) < 4.78 is 0.958. The zero-order valence-corrected chi connectivity index (χ0v) is 11.6. The van der Waals surface area contributed by atoms with Crippen LogP contribution >= 0.6 is 27.7 Å². The highest BCUT2D eigenvalue weighted by Gasteiger charge is 2.34. The number of amides is 2. The van der Waals surface area contributed by atoms with Gasteiger partial charge in [0.25, 0.3) is 11.1 Å². The van der Waals surface area contributed by atoms with Gasteiger partial charge in [-0.25, -0.2) is 0 Å². The van der Waals surface area contributed by atoms with E-state index >= 15 is 0 Å². The fourth-order valence-corrected chi connectivity index (χ4v) is 2.54. The molecule has 1 aliphatic heterocycles. The maximum atomic E-state index is 11.9. The molecule has 0 radical (unpaired) electrons. The number of terminal acetylenes is 1. The van der Waals surface area contributed by atoms with Crippen molar-refractivity contribution >= 4 is 44.9 Å². The molecule has 1 heterocycles. The van der Waals surface area contributed by atoms with E-state index in [9.17, 15) is 9.59 Å².